The molecule has 0 aromatic carbocycles. The number of aromatic nitrogens is 4. The summed E-state index contributed by atoms with van der Waals surface area (Å²) < 4.78 is 2.14. The number of nitrogens with one attached hydrogen (secondary N) is 2. The summed E-state index contributed by atoms with van der Waals surface area (Å²) in [6, 6.07) is 6.27. The van der Waals surface area contributed by atoms with Gasteiger partial charge in [0.25, 0.3) is 0 Å². The second kappa shape index (κ2) is 8.50. The number of carbonyl (C=O) groups is 1. The van der Waals surface area contributed by atoms with Gasteiger partial charge in [0.2, 0.25) is 5.95 Å². The number of piperazine rings is 1. The maximum atomic E-state index is 12.9. The van der Waals surface area contributed by atoms with E-state index in [0.29, 0.717) is 17.7 Å². The maximum absolute atomic E-state index is 12.9. The number of pyridine rings is 1. The van der Waals surface area contributed by atoms with Crippen LogP contribution in [0.5, 0.6) is 0 Å². The second-order valence-electron chi connectivity index (χ2n) is 9.42. The van der Waals surface area contributed by atoms with Gasteiger partial charge in [-0.2, -0.15) is 4.98 Å². The van der Waals surface area contributed by atoms with E-state index in [-0.39, 0.29) is 17.7 Å². The van der Waals surface area contributed by atoms with Gasteiger partial charge in [0.1, 0.15) is 11.5 Å². The summed E-state index contributed by atoms with van der Waals surface area (Å²) >= 11 is 0. The summed E-state index contributed by atoms with van der Waals surface area (Å²) in [6.45, 7) is 10.5. The molecule has 0 amide bonds. The van der Waals surface area contributed by atoms with Gasteiger partial charge in [-0.25, -0.2) is 9.97 Å². The van der Waals surface area contributed by atoms with E-state index < -0.39 is 0 Å². The monoisotopic (exact) mass is 433 g/mol. The topological polar surface area (TPSA) is 88.0 Å². The first-order valence-electron chi connectivity index (χ1n) is 11.6. The SMILES string of the molecule is CC(C)C[C@H]1CC(C)C(=O)c2cc3cnc(Nc4ccc(N5CCNCC5)cn4)nc3n21. The Balaban J connectivity index is 1.43. The Morgan fingerprint density at radius 1 is 1.19 bits per heavy atom. The van der Waals surface area contributed by atoms with E-state index in [1.165, 1.54) is 0 Å². The number of ketones is 1. The van der Waals surface area contributed by atoms with Crippen molar-refractivity contribution in [1.29, 1.82) is 0 Å². The van der Waals surface area contributed by atoms with E-state index in [1.807, 2.05) is 25.3 Å². The van der Waals surface area contributed by atoms with Crippen molar-refractivity contribution in [2.75, 3.05) is 36.4 Å². The normalized spacial score (nSPS) is 21.2. The molecule has 0 radical (unpaired) electrons. The van der Waals surface area contributed by atoms with Crippen molar-refractivity contribution < 1.29 is 4.79 Å². The molecule has 0 saturated carbocycles. The summed E-state index contributed by atoms with van der Waals surface area (Å²) in [5.74, 6) is 1.98. The van der Waals surface area contributed by atoms with Gasteiger partial charge in [0.15, 0.2) is 5.78 Å². The lowest BCUT2D eigenvalue weighted by molar-refractivity contribution is 0.0866. The standard InChI is InChI=1S/C24H31N7O/c1-15(2)10-19-11-16(3)22(32)20-12-17-13-27-24(29-23(17)31(19)20)28-21-5-4-18(14-26-21)30-8-6-25-7-9-30/h4-5,12-16,19,25H,6-11H2,1-3H3,(H,26,27,28,29)/t16?,19-/m0/s1. The highest BCUT2D eigenvalue weighted by atomic mass is 16.1. The number of nitrogens with zero attached hydrogens (tertiary/aromatic N) is 5. The molecule has 8 nitrogen and oxygen atoms in total. The Morgan fingerprint density at radius 2 is 2.00 bits per heavy atom. The van der Waals surface area contributed by atoms with Crippen LogP contribution in [0.1, 0.15) is 50.1 Å². The quantitative estimate of drug-likeness (QED) is 0.633. The third-order valence-corrected chi connectivity index (χ3v) is 6.48. The molecule has 5 rings (SSSR count). The van der Waals surface area contributed by atoms with E-state index >= 15 is 0 Å². The van der Waals surface area contributed by atoms with Crippen molar-refractivity contribution in [3.8, 4) is 0 Å². The van der Waals surface area contributed by atoms with E-state index in [0.717, 1.165) is 61.4 Å². The molecule has 2 aliphatic rings. The fourth-order valence-corrected chi connectivity index (χ4v) is 4.93. The van der Waals surface area contributed by atoms with Crippen LogP contribution in [0.25, 0.3) is 11.0 Å². The highest BCUT2D eigenvalue weighted by Gasteiger charge is 2.33. The lowest BCUT2D eigenvalue weighted by Gasteiger charge is -2.30. The van der Waals surface area contributed by atoms with E-state index in [1.54, 1.807) is 6.20 Å². The molecule has 3 aromatic rings. The van der Waals surface area contributed by atoms with Gasteiger partial charge >= 0.3 is 0 Å². The molecule has 168 valence electrons. The molecule has 0 spiro atoms. The fourth-order valence-electron chi connectivity index (χ4n) is 4.93. The van der Waals surface area contributed by atoms with Crippen LogP contribution in [0.4, 0.5) is 17.5 Å². The van der Waals surface area contributed by atoms with Crippen molar-refractivity contribution in [2.45, 2.75) is 39.7 Å². The highest BCUT2D eigenvalue weighted by molar-refractivity contribution is 6.01. The van der Waals surface area contributed by atoms with Crippen LogP contribution in [0.2, 0.25) is 0 Å². The third kappa shape index (κ3) is 3.95. The summed E-state index contributed by atoms with van der Waals surface area (Å²) in [6.07, 6.45) is 5.57. The minimum absolute atomic E-state index is 0.0412. The molecule has 0 aliphatic carbocycles. The van der Waals surface area contributed by atoms with E-state index in [4.69, 9.17) is 4.98 Å². The van der Waals surface area contributed by atoms with Crippen LogP contribution in [0.3, 0.4) is 0 Å². The molecule has 2 aliphatic heterocycles. The zero-order valence-corrected chi connectivity index (χ0v) is 19.0. The molecule has 1 fully saturated rings. The molecule has 2 atom stereocenters. The van der Waals surface area contributed by atoms with Crippen molar-refractivity contribution in [3.05, 3.63) is 36.3 Å². The van der Waals surface area contributed by atoms with Gasteiger partial charge in [-0.1, -0.05) is 20.8 Å². The van der Waals surface area contributed by atoms with Gasteiger partial charge in [0, 0.05) is 49.7 Å². The van der Waals surface area contributed by atoms with Crippen molar-refractivity contribution in [2.24, 2.45) is 11.8 Å². The van der Waals surface area contributed by atoms with E-state index in [9.17, 15) is 4.79 Å². The van der Waals surface area contributed by atoms with Crippen LogP contribution in [-0.2, 0) is 0 Å². The third-order valence-electron chi connectivity index (χ3n) is 6.48. The molecule has 5 heterocycles. The predicted octanol–water partition coefficient (Wildman–Crippen LogP) is 3.79. The highest BCUT2D eigenvalue weighted by Crippen LogP contribution is 2.37. The first-order valence-corrected chi connectivity index (χ1v) is 11.6. The van der Waals surface area contributed by atoms with Gasteiger partial charge in [-0.3, -0.25) is 4.79 Å². The van der Waals surface area contributed by atoms with Crippen LogP contribution in [0.15, 0.2) is 30.6 Å². The first-order chi connectivity index (χ1) is 15.5. The number of carbonyl (C=O) groups excluding carboxylic acids is 1. The number of Topliss-reactive ketones (excluding diaryl/α,β-unsaturated/α-hetero) is 1. The number of hydrogen-bond acceptors (Lipinski definition) is 7. The molecule has 1 saturated heterocycles. The lowest BCUT2D eigenvalue weighted by atomic mass is 9.87. The molecule has 3 aromatic heterocycles. The average Bonchev–Trinajstić information content (AvgIpc) is 3.17. The molecule has 1 unspecified atom stereocenters. The summed E-state index contributed by atoms with van der Waals surface area (Å²) in [5, 5.41) is 7.51. The predicted molar refractivity (Wildman–Crippen MR) is 127 cm³/mol. The van der Waals surface area contributed by atoms with E-state index in [2.05, 4.69) is 50.0 Å². The van der Waals surface area contributed by atoms with Crippen molar-refractivity contribution >= 4 is 34.3 Å². The maximum Gasteiger partial charge on any atom is 0.230 e. The average molecular weight is 434 g/mol. The molecule has 8 heteroatoms. The second-order valence-corrected chi connectivity index (χ2v) is 9.42. The summed E-state index contributed by atoms with van der Waals surface area (Å²) in [5.41, 5.74) is 2.70. The van der Waals surface area contributed by atoms with Crippen molar-refractivity contribution in [3.63, 3.8) is 0 Å². The summed E-state index contributed by atoms with van der Waals surface area (Å²) in [7, 11) is 0. The number of rotatable bonds is 5. The summed E-state index contributed by atoms with van der Waals surface area (Å²) in [4.78, 5) is 29.0. The largest absolute Gasteiger partial charge is 0.368 e. The number of hydrogen-bond donors (Lipinski definition) is 2. The minimum atomic E-state index is 0.0412. The fraction of sp³-hybridized carbons (Fsp3) is 0.500. The smallest absolute Gasteiger partial charge is 0.230 e. The Kier molecular flexibility index (Phi) is 5.55. The molecular weight excluding hydrogens is 402 g/mol. The number of fused-ring (bicyclic) bond motifs is 3. The van der Waals surface area contributed by atoms with Crippen LogP contribution < -0.4 is 15.5 Å². The molecule has 32 heavy (non-hydrogen) atoms. The molecule has 0 bridgehead atoms. The first kappa shape index (κ1) is 20.9. The Morgan fingerprint density at radius 3 is 2.72 bits per heavy atom. The van der Waals surface area contributed by atoms with Crippen LogP contribution in [-0.4, -0.2) is 51.5 Å². The molecule has 2 N–H and O–H groups in total. The molecular formula is C24H31N7O. The van der Waals surface area contributed by atoms with Gasteiger partial charge in [-0.15, -0.1) is 0 Å². The zero-order valence-electron chi connectivity index (χ0n) is 19.0. The Hall–Kier alpha value is -3.00. The van der Waals surface area contributed by atoms with Crippen LogP contribution in [0, 0.1) is 11.8 Å². The zero-order chi connectivity index (χ0) is 22.2. The Labute approximate surface area is 188 Å². The number of anilines is 3. The lowest BCUT2D eigenvalue weighted by Crippen LogP contribution is -2.43. The van der Waals surface area contributed by atoms with Crippen LogP contribution >= 0.6 is 0 Å². The minimum Gasteiger partial charge on any atom is -0.368 e. The van der Waals surface area contributed by atoms with Gasteiger partial charge < -0.3 is 20.1 Å². The van der Waals surface area contributed by atoms with Gasteiger partial charge in [0.05, 0.1) is 17.6 Å². The van der Waals surface area contributed by atoms with Gasteiger partial charge in [-0.05, 0) is 37.0 Å². The van der Waals surface area contributed by atoms with Crippen molar-refractivity contribution in [1.82, 2.24) is 24.8 Å². The Bertz CT molecular complexity index is 1120.